The van der Waals surface area contributed by atoms with E-state index >= 15 is 0 Å². The average Bonchev–Trinajstić information content (AvgIpc) is 3.70. The van der Waals surface area contributed by atoms with Gasteiger partial charge in [0.05, 0.1) is 12.7 Å². The summed E-state index contributed by atoms with van der Waals surface area (Å²) < 4.78 is 25.3. The van der Waals surface area contributed by atoms with Crippen molar-refractivity contribution in [2.45, 2.75) is 88.4 Å². The highest BCUT2D eigenvalue weighted by atomic mass is 19.1. The molecule has 0 aromatic heterocycles. The van der Waals surface area contributed by atoms with E-state index in [1.54, 1.807) is 17.0 Å². The molecule has 0 radical (unpaired) electrons. The van der Waals surface area contributed by atoms with Crippen molar-refractivity contribution >= 4 is 17.7 Å². The molecule has 3 aliphatic heterocycles. The fourth-order valence-electron chi connectivity index (χ4n) is 6.26. The Hall–Kier alpha value is -3.50. The summed E-state index contributed by atoms with van der Waals surface area (Å²) in [6.07, 6.45) is 6.95. The van der Waals surface area contributed by atoms with Crippen molar-refractivity contribution in [2.24, 2.45) is 0 Å². The number of halogens is 1. The van der Waals surface area contributed by atoms with Crippen LogP contribution in [0, 0.1) is 5.82 Å². The minimum absolute atomic E-state index is 0.0587. The number of aryl methyl sites for hydroxylation is 1. The maximum Gasteiger partial charge on any atom is 0.243 e. The first-order chi connectivity index (χ1) is 21.4. The smallest absolute Gasteiger partial charge is 0.243 e. The zero-order valence-electron chi connectivity index (χ0n) is 25.4. The van der Waals surface area contributed by atoms with Gasteiger partial charge in [0.1, 0.15) is 23.7 Å². The fraction of sp³-hybridized carbons (Fsp3) is 0.559. The molecule has 2 saturated heterocycles. The molecule has 3 N–H and O–H groups in total. The molecular formula is C34H45FN4O5. The van der Waals surface area contributed by atoms with E-state index in [0.717, 1.165) is 62.1 Å². The number of rotatable bonds is 8. The summed E-state index contributed by atoms with van der Waals surface area (Å²) in [5, 5.41) is 9.69. The summed E-state index contributed by atoms with van der Waals surface area (Å²) in [5.41, 5.74) is 1.76. The molecule has 2 fully saturated rings. The number of nitrogens with zero attached hydrogens (tertiary/aromatic N) is 1. The van der Waals surface area contributed by atoms with Gasteiger partial charge < -0.3 is 30.3 Å². The monoisotopic (exact) mass is 608 g/mol. The van der Waals surface area contributed by atoms with Gasteiger partial charge in [-0.3, -0.25) is 14.4 Å². The van der Waals surface area contributed by atoms with Crippen molar-refractivity contribution in [2.75, 3.05) is 32.8 Å². The van der Waals surface area contributed by atoms with E-state index in [1.165, 1.54) is 12.1 Å². The van der Waals surface area contributed by atoms with Crippen LogP contribution >= 0.6 is 0 Å². The van der Waals surface area contributed by atoms with Gasteiger partial charge >= 0.3 is 0 Å². The SMILES string of the molecule is O=C1N[C@H](CNC[C@@H]2CCCO2)CCCCOc2cccc(c2)C[C@H](N2CCCC2=O)C(=O)N[C@H]1CCc1ccc(F)cc1. The van der Waals surface area contributed by atoms with Gasteiger partial charge in [-0.2, -0.15) is 0 Å². The van der Waals surface area contributed by atoms with Crippen LogP contribution in [0.5, 0.6) is 5.75 Å². The van der Waals surface area contributed by atoms with E-state index in [1.807, 2.05) is 24.3 Å². The van der Waals surface area contributed by atoms with Crippen LogP contribution in [-0.4, -0.2) is 79.7 Å². The van der Waals surface area contributed by atoms with Gasteiger partial charge in [-0.15, -0.1) is 0 Å². The number of hydrogen-bond acceptors (Lipinski definition) is 6. The van der Waals surface area contributed by atoms with Crippen molar-refractivity contribution < 1.29 is 28.2 Å². The van der Waals surface area contributed by atoms with Gasteiger partial charge in [-0.1, -0.05) is 24.3 Å². The molecule has 3 aliphatic rings. The number of hydrogen-bond donors (Lipinski definition) is 3. The third kappa shape index (κ3) is 9.25. The van der Waals surface area contributed by atoms with Crippen LogP contribution in [0.2, 0.25) is 0 Å². The van der Waals surface area contributed by atoms with Crippen molar-refractivity contribution in [3.63, 3.8) is 0 Å². The number of amides is 3. The molecule has 2 aromatic carbocycles. The highest BCUT2D eigenvalue weighted by Gasteiger charge is 2.35. The summed E-state index contributed by atoms with van der Waals surface area (Å²) in [5.74, 6) is -0.263. The maximum atomic E-state index is 14.0. The van der Waals surface area contributed by atoms with Crippen molar-refractivity contribution in [1.29, 1.82) is 0 Å². The lowest BCUT2D eigenvalue weighted by Crippen LogP contribution is -2.56. The molecule has 3 amide bonds. The van der Waals surface area contributed by atoms with Gasteiger partial charge in [-0.25, -0.2) is 4.39 Å². The third-order valence-corrected chi connectivity index (χ3v) is 8.73. The minimum atomic E-state index is -0.823. The Balaban J connectivity index is 1.36. The topological polar surface area (TPSA) is 109 Å². The predicted octanol–water partition coefficient (Wildman–Crippen LogP) is 3.29. The van der Waals surface area contributed by atoms with Crippen LogP contribution in [0.15, 0.2) is 48.5 Å². The molecule has 0 saturated carbocycles. The maximum absolute atomic E-state index is 14.0. The van der Waals surface area contributed by atoms with Gasteiger partial charge in [0.15, 0.2) is 0 Å². The first-order valence-corrected chi connectivity index (χ1v) is 16.1. The molecule has 0 unspecified atom stereocenters. The Bertz CT molecular complexity index is 1250. The van der Waals surface area contributed by atoms with Gasteiger partial charge in [-0.05, 0) is 86.8 Å². The quantitative estimate of drug-likeness (QED) is 0.425. The van der Waals surface area contributed by atoms with E-state index in [4.69, 9.17) is 9.47 Å². The Labute approximate surface area is 259 Å². The average molecular weight is 609 g/mol. The number of likely N-dealkylation sites (tertiary alicyclic amines) is 1. The number of nitrogens with one attached hydrogen (secondary N) is 3. The summed E-state index contributed by atoms with van der Waals surface area (Å²) in [6, 6.07) is 12.1. The predicted molar refractivity (Wildman–Crippen MR) is 165 cm³/mol. The number of ether oxygens (including phenoxy) is 2. The number of carbonyl (C=O) groups excluding carboxylic acids is 3. The molecular weight excluding hydrogens is 563 g/mol. The molecule has 3 heterocycles. The lowest BCUT2D eigenvalue weighted by molar-refractivity contribution is -0.138. The highest BCUT2D eigenvalue weighted by molar-refractivity contribution is 5.92. The zero-order chi connectivity index (χ0) is 30.7. The molecule has 4 atom stereocenters. The van der Waals surface area contributed by atoms with E-state index in [9.17, 15) is 18.8 Å². The molecule has 0 spiro atoms. The zero-order valence-corrected chi connectivity index (χ0v) is 25.4. The molecule has 9 nitrogen and oxygen atoms in total. The molecule has 2 bridgehead atoms. The summed E-state index contributed by atoms with van der Waals surface area (Å²) in [4.78, 5) is 42.3. The fourth-order valence-corrected chi connectivity index (χ4v) is 6.26. The first kappa shape index (κ1) is 31.9. The van der Waals surface area contributed by atoms with Crippen molar-refractivity contribution in [3.05, 3.63) is 65.5 Å². The number of benzene rings is 2. The second-order valence-electron chi connectivity index (χ2n) is 12.1. The van der Waals surface area contributed by atoms with Crippen molar-refractivity contribution in [1.82, 2.24) is 20.9 Å². The van der Waals surface area contributed by atoms with Crippen LogP contribution < -0.4 is 20.7 Å². The van der Waals surface area contributed by atoms with Gasteiger partial charge in [0.25, 0.3) is 0 Å². The largest absolute Gasteiger partial charge is 0.494 e. The number of carbonyl (C=O) groups is 3. The Morgan fingerprint density at radius 3 is 2.55 bits per heavy atom. The summed E-state index contributed by atoms with van der Waals surface area (Å²) >= 11 is 0. The first-order valence-electron chi connectivity index (χ1n) is 16.1. The van der Waals surface area contributed by atoms with Gasteiger partial charge in [0, 0.05) is 45.1 Å². The van der Waals surface area contributed by atoms with E-state index in [0.29, 0.717) is 51.8 Å². The molecule has 2 aromatic rings. The normalized spacial score (nSPS) is 25.4. The van der Waals surface area contributed by atoms with Crippen LogP contribution in [0.3, 0.4) is 0 Å². The van der Waals surface area contributed by atoms with Crippen molar-refractivity contribution in [3.8, 4) is 5.75 Å². The third-order valence-electron chi connectivity index (χ3n) is 8.73. The highest BCUT2D eigenvalue weighted by Crippen LogP contribution is 2.21. The van der Waals surface area contributed by atoms with E-state index < -0.39 is 12.1 Å². The molecule has 5 rings (SSSR count). The van der Waals surface area contributed by atoms with Gasteiger partial charge in [0.2, 0.25) is 17.7 Å². The van der Waals surface area contributed by atoms with Crippen LogP contribution in [0.4, 0.5) is 4.39 Å². The summed E-state index contributed by atoms with van der Waals surface area (Å²) in [6.45, 7) is 3.13. The summed E-state index contributed by atoms with van der Waals surface area (Å²) in [7, 11) is 0. The Morgan fingerprint density at radius 1 is 0.909 bits per heavy atom. The van der Waals surface area contributed by atoms with Crippen LogP contribution in [-0.2, 0) is 32.0 Å². The van der Waals surface area contributed by atoms with Crippen LogP contribution in [0.25, 0.3) is 0 Å². The minimum Gasteiger partial charge on any atom is -0.494 e. The Morgan fingerprint density at radius 2 is 1.77 bits per heavy atom. The molecule has 10 heteroatoms. The number of fused-ring (bicyclic) bond motifs is 2. The lowest BCUT2D eigenvalue weighted by atomic mass is 10.0. The lowest BCUT2D eigenvalue weighted by Gasteiger charge is -2.30. The molecule has 238 valence electrons. The van der Waals surface area contributed by atoms with E-state index in [2.05, 4.69) is 16.0 Å². The standard InChI is InChI=1S/C34H45FN4O5/c35-26-14-11-24(12-15-26)13-16-30-33(41)37-27(22-36-23-29-9-5-19-44-29)7-1-2-18-43-28-8-3-6-25(20-28)21-31(34(42)38-30)39-17-4-10-32(39)40/h3,6,8,11-12,14-15,20,27,29-31,36H,1-2,4-5,7,9-10,13,16-19,21-23H2,(H,37,41)(H,38,42)/t27-,29-,30-,31-/m0/s1. The molecule has 44 heavy (non-hydrogen) atoms. The van der Waals surface area contributed by atoms with Crippen LogP contribution in [0.1, 0.15) is 62.5 Å². The Kier molecular flexibility index (Phi) is 11.6. The molecule has 0 aliphatic carbocycles. The second kappa shape index (κ2) is 16.0. The second-order valence-corrected chi connectivity index (χ2v) is 12.1. The van der Waals surface area contributed by atoms with E-state index in [-0.39, 0.29) is 35.7 Å².